The van der Waals surface area contributed by atoms with Crippen molar-refractivity contribution in [3.63, 3.8) is 0 Å². The van der Waals surface area contributed by atoms with Crippen LogP contribution in [0.25, 0.3) is 0 Å². The Morgan fingerprint density at radius 2 is 2.13 bits per heavy atom. The number of ketones is 1. The summed E-state index contributed by atoms with van der Waals surface area (Å²) in [5.74, 6) is -0.299. The first-order chi connectivity index (χ1) is 14.4. The SMILES string of the molecule is CO[C@H](/C=C/[C@@H]1[C@@H](C/C=C\CCCC(=O)CO)[C@@H](O)C[C@H]1O)CCc1ccc(Cl)s1. The molecule has 0 spiro atoms. The highest BCUT2D eigenvalue weighted by molar-refractivity contribution is 7.16. The van der Waals surface area contributed by atoms with Crippen LogP contribution in [0.5, 0.6) is 0 Å². The summed E-state index contributed by atoms with van der Waals surface area (Å²) < 4.78 is 6.36. The number of Topliss-reactive ketones (excluding diaryl/α,β-unsaturated/α-hetero) is 1. The first kappa shape index (κ1) is 25.2. The van der Waals surface area contributed by atoms with E-state index in [0.717, 1.165) is 23.6 Å². The van der Waals surface area contributed by atoms with Gasteiger partial charge in [-0.2, -0.15) is 0 Å². The molecular weight excluding hydrogens is 424 g/mol. The second-order valence-electron chi connectivity index (χ2n) is 7.81. The highest BCUT2D eigenvalue weighted by Gasteiger charge is 2.39. The monoisotopic (exact) mass is 456 g/mol. The van der Waals surface area contributed by atoms with Crippen molar-refractivity contribution in [2.45, 2.75) is 63.3 Å². The Morgan fingerprint density at radius 3 is 2.80 bits per heavy atom. The summed E-state index contributed by atoms with van der Waals surface area (Å²) in [6.45, 7) is -0.395. The molecule has 3 N–H and O–H groups in total. The van der Waals surface area contributed by atoms with Gasteiger partial charge in [0.05, 0.1) is 22.6 Å². The summed E-state index contributed by atoms with van der Waals surface area (Å²) >= 11 is 7.56. The van der Waals surface area contributed by atoms with E-state index in [9.17, 15) is 15.0 Å². The minimum absolute atomic E-state index is 0.0415. The number of carbonyl (C=O) groups is 1. The molecule has 1 saturated carbocycles. The van der Waals surface area contributed by atoms with Crippen LogP contribution in [0.2, 0.25) is 4.34 Å². The van der Waals surface area contributed by atoms with Gasteiger partial charge in [-0.05, 0) is 50.2 Å². The summed E-state index contributed by atoms with van der Waals surface area (Å²) in [7, 11) is 1.68. The fourth-order valence-corrected chi connectivity index (χ4v) is 4.99. The molecule has 1 aromatic rings. The zero-order chi connectivity index (χ0) is 21.9. The average Bonchev–Trinajstić information content (AvgIpc) is 3.26. The number of aliphatic hydroxyl groups excluding tert-OH is 3. The molecule has 5 nitrogen and oxygen atoms in total. The van der Waals surface area contributed by atoms with Crippen molar-refractivity contribution in [2.75, 3.05) is 13.7 Å². The maximum absolute atomic E-state index is 11.1. The third-order valence-electron chi connectivity index (χ3n) is 5.65. The number of rotatable bonds is 13. The number of halogens is 1. The van der Waals surface area contributed by atoms with Crippen LogP contribution in [-0.4, -0.2) is 53.1 Å². The quantitative estimate of drug-likeness (QED) is 0.309. The summed E-state index contributed by atoms with van der Waals surface area (Å²) in [5.41, 5.74) is 0. The molecule has 0 saturated heterocycles. The van der Waals surface area contributed by atoms with Crippen LogP contribution >= 0.6 is 22.9 Å². The van der Waals surface area contributed by atoms with Gasteiger partial charge >= 0.3 is 0 Å². The standard InChI is InChI=1S/C23H33ClO5S/c1-29-17(8-10-18-11-13-23(24)30-18)9-12-20-19(21(27)14-22(20)28)7-5-3-2-4-6-16(26)15-25/h3,5,9,11-13,17,19-22,25,27-28H,2,4,6-8,10,14-15H2,1H3/b5-3-,12-9+/t17-,19+,20+,21-,22+/m0/s1. The molecule has 1 aliphatic rings. The van der Waals surface area contributed by atoms with Crippen molar-refractivity contribution in [3.05, 3.63) is 45.7 Å². The van der Waals surface area contributed by atoms with Crippen molar-refractivity contribution >= 4 is 28.7 Å². The zero-order valence-electron chi connectivity index (χ0n) is 17.5. The predicted octanol–water partition coefficient (Wildman–Crippen LogP) is 3.94. The van der Waals surface area contributed by atoms with Gasteiger partial charge in [0.1, 0.15) is 6.61 Å². The van der Waals surface area contributed by atoms with Gasteiger partial charge in [0.15, 0.2) is 5.78 Å². The van der Waals surface area contributed by atoms with E-state index in [4.69, 9.17) is 21.4 Å². The minimum atomic E-state index is -0.564. The van der Waals surface area contributed by atoms with Crippen LogP contribution in [-0.2, 0) is 16.0 Å². The van der Waals surface area contributed by atoms with Gasteiger partial charge in [-0.3, -0.25) is 4.79 Å². The molecule has 2 rings (SSSR count). The van der Waals surface area contributed by atoms with Gasteiger partial charge in [0.2, 0.25) is 0 Å². The van der Waals surface area contributed by atoms with E-state index < -0.39 is 18.8 Å². The van der Waals surface area contributed by atoms with Gasteiger partial charge in [-0.1, -0.05) is 35.9 Å². The number of aliphatic hydroxyl groups is 3. The number of carbonyl (C=O) groups excluding carboxylic acids is 1. The smallest absolute Gasteiger partial charge is 0.158 e. The van der Waals surface area contributed by atoms with E-state index in [1.54, 1.807) is 18.4 Å². The largest absolute Gasteiger partial charge is 0.393 e. The fourth-order valence-electron chi connectivity index (χ4n) is 3.89. The Morgan fingerprint density at radius 1 is 1.33 bits per heavy atom. The molecule has 0 bridgehead atoms. The van der Waals surface area contributed by atoms with E-state index in [-0.39, 0.29) is 23.7 Å². The van der Waals surface area contributed by atoms with Crippen molar-refractivity contribution in [2.24, 2.45) is 11.8 Å². The van der Waals surface area contributed by atoms with Crippen LogP contribution in [0.1, 0.15) is 43.4 Å². The molecule has 1 aliphatic carbocycles. The van der Waals surface area contributed by atoms with Crippen molar-refractivity contribution in [3.8, 4) is 0 Å². The number of allylic oxidation sites excluding steroid dienone is 2. The molecule has 7 heteroatoms. The van der Waals surface area contributed by atoms with Gasteiger partial charge in [-0.15, -0.1) is 11.3 Å². The summed E-state index contributed by atoms with van der Waals surface area (Å²) in [6, 6.07) is 3.93. The second kappa shape index (κ2) is 13.4. The molecule has 1 fully saturated rings. The maximum atomic E-state index is 11.1. The minimum Gasteiger partial charge on any atom is -0.393 e. The van der Waals surface area contributed by atoms with E-state index >= 15 is 0 Å². The number of ether oxygens (including phenoxy) is 1. The molecule has 0 aromatic carbocycles. The highest BCUT2D eigenvalue weighted by Crippen LogP contribution is 2.36. The summed E-state index contributed by atoms with van der Waals surface area (Å²) in [5, 5.41) is 29.5. The molecule has 0 amide bonds. The van der Waals surface area contributed by atoms with Gasteiger partial charge in [-0.25, -0.2) is 0 Å². The fraction of sp³-hybridized carbons (Fsp3) is 0.609. The summed E-state index contributed by atoms with van der Waals surface area (Å²) in [6.07, 6.45) is 11.5. The lowest BCUT2D eigenvalue weighted by atomic mass is 9.89. The number of aryl methyl sites for hydroxylation is 1. The Balaban J connectivity index is 1.85. The molecule has 0 aliphatic heterocycles. The lowest BCUT2D eigenvalue weighted by Gasteiger charge is -2.20. The Bertz CT molecular complexity index is 702. The van der Waals surface area contributed by atoms with Crippen LogP contribution in [0, 0.1) is 11.8 Å². The molecule has 1 heterocycles. The van der Waals surface area contributed by atoms with Crippen molar-refractivity contribution in [1.82, 2.24) is 0 Å². The number of hydrogen-bond acceptors (Lipinski definition) is 6. The van der Waals surface area contributed by atoms with E-state index in [1.165, 1.54) is 4.88 Å². The van der Waals surface area contributed by atoms with Crippen LogP contribution in [0.4, 0.5) is 0 Å². The van der Waals surface area contributed by atoms with Crippen molar-refractivity contribution in [1.29, 1.82) is 0 Å². The second-order valence-corrected chi connectivity index (χ2v) is 9.61. The predicted molar refractivity (Wildman–Crippen MR) is 121 cm³/mol. The normalized spacial score (nSPS) is 25.5. The third kappa shape index (κ3) is 8.25. The number of unbranched alkanes of at least 4 members (excludes halogenated alkanes) is 1. The van der Waals surface area contributed by atoms with Gasteiger partial charge in [0.25, 0.3) is 0 Å². The van der Waals surface area contributed by atoms with Gasteiger partial charge in [0, 0.05) is 30.7 Å². The first-order valence-corrected chi connectivity index (χ1v) is 11.7. The Kier molecular flexibility index (Phi) is 11.3. The third-order valence-corrected chi connectivity index (χ3v) is 6.94. The number of thiophene rings is 1. The van der Waals surface area contributed by atoms with E-state index in [0.29, 0.717) is 25.7 Å². The number of methoxy groups -OCH3 is 1. The molecule has 0 radical (unpaired) electrons. The van der Waals surface area contributed by atoms with Crippen LogP contribution in [0.15, 0.2) is 36.4 Å². The first-order valence-electron chi connectivity index (χ1n) is 10.5. The van der Waals surface area contributed by atoms with Crippen LogP contribution in [0.3, 0.4) is 0 Å². The summed E-state index contributed by atoms with van der Waals surface area (Å²) in [4.78, 5) is 12.3. The molecule has 168 valence electrons. The van der Waals surface area contributed by atoms with Crippen molar-refractivity contribution < 1.29 is 24.9 Å². The maximum Gasteiger partial charge on any atom is 0.158 e. The van der Waals surface area contributed by atoms with E-state index in [2.05, 4.69) is 0 Å². The van der Waals surface area contributed by atoms with Crippen LogP contribution < -0.4 is 0 Å². The Hall–Kier alpha value is -1.02. The number of hydrogen-bond donors (Lipinski definition) is 3. The molecular formula is C23H33ClO5S. The van der Waals surface area contributed by atoms with Gasteiger partial charge < -0.3 is 20.1 Å². The lowest BCUT2D eigenvalue weighted by Crippen LogP contribution is -2.20. The molecule has 5 atom stereocenters. The van der Waals surface area contributed by atoms with E-state index in [1.807, 2.05) is 36.4 Å². The topological polar surface area (TPSA) is 87.0 Å². The zero-order valence-corrected chi connectivity index (χ0v) is 19.0. The average molecular weight is 457 g/mol. The Labute approximate surface area is 188 Å². The molecule has 30 heavy (non-hydrogen) atoms. The molecule has 1 aromatic heterocycles. The lowest BCUT2D eigenvalue weighted by molar-refractivity contribution is -0.121. The molecule has 0 unspecified atom stereocenters. The highest BCUT2D eigenvalue weighted by atomic mass is 35.5.